The molecule has 0 amide bonds. The normalized spacial score (nSPS) is 17.3. The maximum absolute atomic E-state index is 5.71. The van der Waals surface area contributed by atoms with E-state index in [9.17, 15) is 0 Å². The molecule has 1 atom stereocenters. The van der Waals surface area contributed by atoms with Crippen molar-refractivity contribution in [1.82, 2.24) is 5.32 Å². The van der Waals surface area contributed by atoms with Crippen LogP contribution < -0.4 is 10.1 Å². The van der Waals surface area contributed by atoms with Crippen molar-refractivity contribution < 1.29 is 4.74 Å². The topological polar surface area (TPSA) is 21.3 Å². The highest BCUT2D eigenvalue weighted by Crippen LogP contribution is 2.28. The standard InChI is InChI=1S/C18H29NO/c1-3-20-18-13-7-6-12-17(18)15(2)19-14-8-11-16-9-4-5-10-16/h6-7,12-13,15-16,19H,3-5,8-11,14H2,1-2H3. The molecule has 2 heteroatoms. The Bertz CT molecular complexity index is 385. The third-order valence-electron chi connectivity index (χ3n) is 4.40. The second-order valence-corrected chi connectivity index (χ2v) is 5.94. The van der Waals surface area contributed by atoms with E-state index in [1.165, 1.54) is 44.1 Å². The van der Waals surface area contributed by atoms with Crippen LogP contribution in [0.1, 0.15) is 64.0 Å². The molecular weight excluding hydrogens is 246 g/mol. The van der Waals surface area contributed by atoms with Gasteiger partial charge in [0.2, 0.25) is 0 Å². The summed E-state index contributed by atoms with van der Waals surface area (Å²) in [5, 5.41) is 3.64. The lowest BCUT2D eigenvalue weighted by Crippen LogP contribution is -2.21. The van der Waals surface area contributed by atoms with Gasteiger partial charge in [-0.3, -0.25) is 0 Å². The quantitative estimate of drug-likeness (QED) is 0.694. The van der Waals surface area contributed by atoms with Crippen LogP contribution in [0.3, 0.4) is 0 Å². The third-order valence-corrected chi connectivity index (χ3v) is 4.40. The fraction of sp³-hybridized carbons (Fsp3) is 0.667. The van der Waals surface area contributed by atoms with Crippen LogP contribution in [0.15, 0.2) is 24.3 Å². The second-order valence-electron chi connectivity index (χ2n) is 5.94. The fourth-order valence-corrected chi connectivity index (χ4v) is 3.24. The molecule has 112 valence electrons. The fourth-order valence-electron chi connectivity index (χ4n) is 3.24. The van der Waals surface area contributed by atoms with Crippen molar-refractivity contribution in [3.8, 4) is 5.75 Å². The van der Waals surface area contributed by atoms with Crippen molar-refractivity contribution in [2.24, 2.45) is 5.92 Å². The molecule has 0 aromatic heterocycles. The zero-order chi connectivity index (χ0) is 14.2. The third kappa shape index (κ3) is 4.52. The average molecular weight is 275 g/mol. The lowest BCUT2D eigenvalue weighted by molar-refractivity contribution is 0.332. The molecule has 0 heterocycles. The lowest BCUT2D eigenvalue weighted by atomic mass is 10.0. The molecule has 1 aromatic rings. The number of ether oxygens (including phenoxy) is 1. The zero-order valence-corrected chi connectivity index (χ0v) is 13.0. The molecule has 2 rings (SSSR count). The summed E-state index contributed by atoms with van der Waals surface area (Å²) in [7, 11) is 0. The molecule has 0 radical (unpaired) electrons. The highest BCUT2D eigenvalue weighted by Gasteiger charge is 2.15. The van der Waals surface area contributed by atoms with E-state index in [4.69, 9.17) is 4.74 Å². The first-order chi connectivity index (χ1) is 9.81. The molecule has 1 saturated carbocycles. The van der Waals surface area contributed by atoms with Crippen molar-refractivity contribution in [2.45, 2.75) is 58.4 Å². The summed E-state index contributed by atoms with van der Waals surface area (Å²) in [5.41, 5.74) is 1.27. The van der Waals surface area contributed by atoms with Gasteiger partial charge in [0.15, 0.2) is 0 Å². The van der Waals surface area contributed by atoms with Crippen molar-refractivity contribution in [3.63, 3.8) is 0 Å². The van der Waals surface area contributed by atoms with E-state index in [0.29, 0.717) is 6.04 Å². The van der Waals surface area contributed by atoms with Crippen LogP contribution in [0.4, 0.5) is 0 Å². The average Bonchev–Trinajstić information content (AvgIpc) is 2.97. The van der Waals surface area contributed by atoms with Gasteiger partial charge >= 0.3 is 0 Å². The minimum atomic E-state index is 0.362. The second kappa shape index (κ2) is 8.31. The Hall–Kier alpha value is -1.02. The maximum Gasteiger partial charge on any atom is 0.124 e. The van der Waals surface area contributed by atoms with Crippen LogP contribution in [0.5, 0.6) is 5.75 Å². The Kier molecular flexibility index (Phi) is 6.38. The van der Waals surface area contributed by atoms with Gasteiger partial charge < -0.3 is 10.1 Å². The van der Waals surface area contributed by atoms with E-state index in [0.717, 1.165) is 24.8 Å². The van der Waals surface area contributed by atoms with Crippen molar-refractivity contribution in [2.75, 3.05) is 13.2 Å². The van der Waals surface area contributed by atoms with Crippen LogP contribution in [-0.2, 0) is 0 Å². The number of rotatable bonds is 8. The number of benzene rings is 1. The molecule has 2 nitrogen and oxygen atoms in total. The smallest absolute Gasteiger partial charge is 0.124 e. The predicted molar refractivity (Wildman–Crippen MR) is 85.2 cm³/mol. The summed E-state index contributed by atoms with van der Waals surface area (Å²) < 4.78 is 5.71. The Morgan fingerprint density at radius 1 is 1.25 bits per heavy atom. The van der Waals surface area contributed by atoms with Gasteiger partial charge in [0, 0.05) is 11.6 Å². The predicted octanol–water partition coefficient (Wildman–Crippen LogP) is 4.71. The number of nitrogens with one attached hydrogen (secondary N) is 1. The minimum Gasteiger partial charge on any atom is -0.494 e. The van der Waals surface area contributed by atoms with E-state index in [1.807, 2.05) is 13.0 Å². The molecule has 1 aliphatic rings. The van der Waals surface area contributed by atoms with Gasteiger partial charge in [-0.05, 0) is 45.2 Å². The summed E-state index contributed by atoms with van der Waals surface area (Å²) in [4.78, 5) is 0. The van der Waals surface area contributed by atoms with E-state index in [1.54, 1.807) is 0 Å². The maximum atomic E-state index is 5.71. The van der Waals surface area contributed by atoms with Crippen molar-refractivity contribution >= 4 is 0 Å². The molecular formula is C18H29NO. The van der Waals surface area contributed by atoms with E-state index >= 15 is 0 Å². The molecule has 20 heavy (non-hydrogen) atoms. The summed E-state index contributed by atoms with van der Waals surface area (Å²) in [5.74, 6) is 2.02. The first-order valence-electron chi connectivity index (χ1n) is 8.26. The molecule has 1 unspecified atom stereocenters. The zero-order valence-electron chi connectivity index (χ0n) is 13.0. The number of hydrogen-bond acceptors (Lipinski definition) is 2. The number of para-hydroxylation sites is 1. The van der Waals surface area contributed by atoms with Gasteiger partial charge in [0.25, 0.3) is 0 Å². The summed E-state index contributed by atoms with van der Waals surface area (Å²) in [6.45, 7) is 6.10. The molecule has 1 fully saturated rings. The van der Waals surface area contributed by atoms with E-state index in [2.05, 4.69) is 30.4 Å². The highest BCUT2D eigenvalue weighted by atomic mass is 16.5. The molecule has 0 bridgehead atoms. The lowest BCUT2D eigenvalue weighted by Gasteiger charge is -2.18. The summed E-state index contributed by atoms with van der Waals surface area (Å²) in [6.07, 6.45) is 8.52. The Balaban J connectivity index is 1.74. The molecule has 1 aliphatic carbocycles. The van der Waals surface area contributed by atoms with Crippen LogP contribution in [0.25, 0.3) is 0 Å². The Labute approximate surface area is 123 Å². The van der Waals surface area contributed by atoms with Crippen LogP contribution >= 0.6 is 0 Å². The Morgan fingerprint density at radius 3 is 2.75 bits per heavy atom. The molecule has 1 N–H and O–H groups in total. The SMILES string of the molecule is CCOc1ccccc1C(C)NCCCC1CCCC1. The van der Waals surface area contributed by atoms with E-state index < -0.39 is 0 Å². The van der Waals surface area contributed by atoms with Crippen LogP contribution in [-0.4, -0.2) is 13.2 Å². The first kappa shape index (κ1) is 15.4. The first-order valence-corrected chi connectivity index (χ1v) is 8.26. The monoisotopic (exact) mass is 275 g/mol. The summed E-state index contributed by atoms with van der Waals surface area (Å²) in [6, 6.07) is 8.73. The van der Waals surface area contributed by atoms with Gasteiger partial charge in [0.1, 0.15) is 5.75 Å². The number of hydrogen-bond donors (Lipinski definition) is 1. The summed E-state index contributed by atoms with van der Waals surface area (Å²) >= 11 is 0. The van der Waals surface area contributed by atoms with Gasteiger partial charge in [-0.15, -0.1) is 0 Å². The minimum absolute atomic E-state index is 0.362. The van der Waals surface area contributed by atoms with Crippen LogP contribution in [0.2, 0.25) is 0 Å². The van der Waals surface area contributed by atoms with Gasteiger partial charge in [-0.25, -0.2) is 0 Å². The largest absolute Gasteiger partial charge is 0.494 e. The molecule has 1 aromatic carbocycles. The van der Waals surface area contributed by atoms with E-state index in [-0.39, 0.29) is 0 Å². The van der Waals surface area contributed by atoms with Crippen LogP contribution in [0, 0.1) is 5.92 Å². The Morgan fingerprint density at radius 2 is 2.00 bits per heavy atom. The highest BCUT2D eigenvalue weighted by molar-refractivity contribution is 5.35. The van der Waals surface area contributed by atoms with Crippen molar-refractivity contribution in [3.05, 3.63) is 29.8 Å². The van der Waals surface area contributed by atoms with Gasteiger partial charge in [-0.2, -0.15) is 0 Å². The molecule has 0 aliphatic heterocycles. The van der Waals surface area contributed by atoms with Gasteiger partial charge in [-0.1, -0.05) is 43.9 Å². The van der Waals surface area contributed by atoms with Gasteiger partial charge in [0.05, 0.1) is 6.61 Å². The molecule has 0 saturated heterocycles. The molecule has 0 spiro atoms. The van der Waals surface area contributed by atoms with Crippen molar-refractivity contribution in [1.29, 1.82) is 0 Å².